The molecule has 3 aromatic carbocycles. The summed E-state index contributed by atoms with van der Waals surface area (Å²) in [6.45, 7) is 1.27. The van der Waals surface area contributed by atoms with E-state index in [1.54, 1.807) is 0 Å². The Morgan fingerprint density at radius 1 is 0.833 bits per heavy atom. The zero-order chi connectivity index (χ0) is 20.3. The molecule has 2 heterocycles. The zero-order valence-electron chi connectivity index (χ0n) is 17.1. The average molecular weight is 397 g/mol. The summed E-state index contributed by atoms with van der Waals surface area (Å²) in [4.78, 5) is 3.63. The highest BCUT2D eigenvalue weighted by molar-refractivity contribution is 5.84. The van der Waals surface area contributed by atoms with Crippen LogP contribution in [-0.4, -0.2) is 17.7 Å². The van der Waals surface area contributed by atoms with Crippen molar-refractivity contribution < 1.29 is 4.74 Å². The van der Waals surface area contributed by atoms with Crippen LogP contribution < -0.4 is 5.73 Å². The van der Waals surface area contributed by atoms with E-state index < -0.39 is 0 Å². The summed E-state index contributed by atoms with van der Waals surface area (Å²) in [7, 11) is 0. The molecule has 0 spiro atoms. The van der Waals surface area contributed by atoms with Crippen molar-refractivity contribution >= 4 is 10.9 Å². The van der Waals surface area contributed by atoms with Crippen molar-refractivity contribution in [1.29, 1.82) is 0 Å². The van der Waals surface area contributed by atoms with Crippen LogP contribution in [0.25, 0.3) is 10.9 Å². The van der Waals surface area contributed by atoms with Crippen LogP contribution in [0.5, 0.6) is 0 Å². The van der Waals surface area contributed by atoms with E-state index in [4.69, 9.17) is 10.5 Å². The molecular formula is C27H28N2O. The number of nitrogens with two attached hydrogens (primary N) is 1. The number of H-pyrrole nitrogens is 1. The summed E-state index contributed by atoms with van der Waals surface area (Å²) in [6.07, 6.45) is 2.30. The highest BCUT2D eigenvalue weighted by Crippen LogP contribution is 2.39. The standard InChI is InChI=1S/C27H28N2O/c28-17-23-22-13-7-8-14-24(22)29-27(23)21-15-16-25(30-18-21)26(19-9-3-1-4-10-19)20-11-5-2-6-12-20/h1-14,21,25-26,29H,15-18,28H2/t21-,25-/m1/s1. The number of fused-ring (bicyclic) bond motifs is 1. The topological polar surface area (TPSA) is 51.0 Å². The van der Waals surface area contributed by atoms with E-state index in [0.29, 0.717) is 12.5 Å². The van der Waals surface area contributed by atoms with Gasteiger partial charge >= 0.3 is 0 Å². The van der Waals surface area contributed by atoms with Crippen LogP contribution >= 0.6 is 0 Å². The molecule has 1 aliphatic heterocycles. The fourth-order valence-electron chi connectivity index (χ4n) is 4.99. The first-order valence-electron chi connectivity index (χ1n) is 10.9. The third-order valence-electron chi connectivity index (χ3n) is 6.46. The minimum absolute atomic E-state index is 0.178. The molecule has 2 atom stereocenters. The molecule has 30 heavy (non-hydrogen) atoms. The highest BCUT2D eigenvalue weighted by atomic mass is 16.5. The number of nitrogens with one attached hydrogen (secondary N) is 1. The third kappa shape index (κ3) is 3.55. The Morgan fingerprint density at radius 2 is 1.47 bits per heavy atom. The fraction of sp³-hybridized carbons (Fsp3) is 0.259. The monoisotopic (exact) mass is 396 g/mol. The predicted molar refractivity (Wildman–Crippen MR) is 123 cm³/mol. The van der Waals surface area contributed by atoms with Gasteiger partial charge in [0.05, 0.1) is 12.7 Å². The van der Waals surface area contributed by atoms with Crippen molar-refractivity contribution in [3.63, 3.8) is 0 Å². The van der Waals surface area contributed by atoms with Crippen molar-refractivity contribution in [1.82, 2.24) is 4.98 Å². The van der Waals surface area contributed by atoms with E-state index in [2.05, 4.69) is 89.9 Å². The molecular weight excluding hydrogens is 368 g/mol. The largest absolute Gasteiger partial charge is 0.377 e. The molecule has 0 amide bonds. The number of rotatable bonds is 5. The van der Waals surface area contributed by atoms with Crippen LogP contribution in [0.4, 0.5) is 0 Å². The Morgan fingerprint density at radius 3 is 2.07 bits per heavy atom. The van der Waals surface area contributed by atoms with Crippen molar-refractivity contribution in [2.24, 2.45) is 5.73 Å². The van der Waals surface area contributed by atoms with E-state index in [1.165, 1.54) is 33.3 Å². The lowest BCUT2D eigenvalue weighted by Gasteiger charge is -2.35. The smallest absolute Gasteiger partial charge is 0.0684 e. The van der Waals surface area contributed by atoms with Gasteiger partial charge in [0.25, 0.3) is 0 Å². The van der Waals surface area contributed by atoms with Gasteiger partial charge in [-0.2, -0.15) is 0 Å². The van der Waals surface area contributed by atoms with Gasteiger partial charge in [-0.1, -0.05) is 78.9 Å². The minimum atomic E-state index is 0.178. The lowest BCUT2D eigenvalue weighted by molar-refractivity contribution is -0.00615. The molecule has 0 aliphatic carbocycles. The van der Waals surface area contributed by atoms with Gasteiger partial charge in [0, 0.05) is 35.0 Å². The van der Waals surface area contributed by atoms with Gasteiger partial charge in [0.1, 0.15) is 0 Å². The maximum absolute atomic E-state index is 6.55. The number of ether oxygens (including phenoxy) is 1. The Labute approximate surface area is 177 Å². The molecule has 0 bridgehead atoms. The molecule has 1 aliphatic rings. The first-order chi connectivity index (χ1) is 14.8. The van der Waals surface area contributed by atoms with Crippen LogP contribution in [-0.2, 0) is 11.3 Å². The quantitative estimate of drug-likeness (QED) is 0.453. The second kappa shape index (κ2) is 8.47. The number of hydrogen-bond acceptors (Lipinski definition) is 2. The maximum Gasteiger partial charge on any atom is 0.0684 e. The number of aromatic amines is 1. The first kappa shape index (κ1) is 19.1. The molecule has 1 saturated heterocycles. The second-order valence-electron chi connectivity index (χ2n) is 8.21. The second-order valence-corrected chi connectivity index (χ2v) is 8.21. The van der Waals surface area contributed by atoms with Crippen molar-refractivity contribution in [3.8, 4) is 0 Å². The number of aromatic nitrogens is 1. The van der Waals surface area contributed by atoms with E-state index in [-0.39, 0.29) is 12.0 Å². The Hall–Kier alpha value is -2.88. The summed E-state index contributed by atoms with van der Waals surface area (Å²) >= 11 is 0. The SMILES string of the molecule is NCc1c([C@@H]2CC[C@H](C(c3ccccc3)c3ccccc3)OC2)[nH]c2ccccc12. The van der Waals surface area contributed by atoms with Gasteiger partial charge in [0.15, 0.2) is 0 Å². The Kier molecular flexibility index (Phi) is 5.39. The van der Waals surface area contributed by atoms with E-state index in [0.717, 1.165) is 19.4 Å². The van der Waals surface area contributed by atoms with Crippen LogP contribution in [0.15, 0.2) is 84.9 Å². The molecule has 3 heteroatoms. The van der Waals surface area contributed by atoms with Gasteiger partial charge in [-0.25, -0.2) is 0 Å². The van der Waals surface area contributed by atoms with Crippen LogP contribution in [0.2, 0.25) is 0 Å². The third-order valence-corrected chi connectivity index (χ3v) is 6.46. The molecule has 5 rings (SSSR count). The predicted octanol–water partition coefficient (Wildman–Crippen LogP) is 5.72. The minimum Gasteiger partial charge on any atom is -0.377 e. The van der Waals surface area contributed by atoms with Gasteiger partial charge in [-0.15, -0.1) is 0 Å². The molecule has 0 radical (unpaired) electrons. The van der Waals surface area contributed by atoms with Gasteiger partial charge in [0.2, 0.25) is 0 Å². The summed E-state index contributed by atoms with van der Waals surface area (Å²) in [5, 5.41) is 1.24. The molecule has 4 aromatic rings. The molecule has 0 unspecified atom stereocenters. The lowest BCUT2D eigenvalue weighted by atomic mass is 9.81. The molecule has 3 N–H and O–H groups in total. The fourth-order valence-corrected chi connectivity index (χ4v) is 4.99. The summed E-state index contributed by atoms with van der Waals surface area (Å²) in [6, 6.07) is 30.0. The van der Waals surface area contributed by atoms with Crippen molar-refractivity contribution in [2.75, 3.05) is 6.61 Å². The maximum atomic E-state index is 6.55. The Balaban J connectivity index is 1.41. The molecule has 1 fully saturated rings. The number of benzene rings is 3. The van der Waals surface area contributed by atoms with Crippen molar-refractivity contribution in [3.05, 3.63) is 107 Å². The van der Waals surface area contributed by atoms with E-state index >= 15 is 0 Å². The number of para-hydroxylation sites is 1. The van der Waals surface area contributed by atoms with Gasteiger partial charge < -0.3 is 15.5 Å². The zero-order valence-corrected chi connectivity index (χ0v) is 17.1. The van der Waals surface area contributed by atoms with Crippen molar-refractivity contribution in [2.45, 2.75) is 37.3 Å². The average Bonchev–Trinajstić information content (AvgIpc) is 3.20. The van der Waals surface area contributed by atoms with Crippen LogP contribution in [0, 0.1) is 0 Å². The van der Waals surface area contributed by atoms with Gasteiger partial charge in [-0.3, -0.25) is 0 Å². The van der Waals surface area contributed by atoms with Crippen LogP contribution in [0.3, 0.4) is 0 Å². The lowest BCUT2D eigenvalue weighted by Crippen LogP contribution is -2.31. The Bertz CT molecular complexity index is 1060. The molecule has 0 saturated carbocycles. The van der Waals surface area contributed by atoms with E-state index in [1.807, 2.05) is 0 Å². The normalized spacial score (nSPS) is 19.4. The summed E-state index contributed by atoms with van der Waals surface area (Å²) in [5.74, 6) is 0.615. The molecule has 152 valence electrons. The summed E-state index contributed by atoms with van der Waals surface area (Å²) in [5.41, 5.74) is 12.4. The molecule has 1 aromatic heterocycles. The first-order valence-corrected chi connectivity index (χ1v) is 10.9. The molecule has 3 nitrogen and oxygen atoms in total. The van der Waals surface area contributed by atoms with Gasteiger partial charge in [-0.05, 0) is 35.6 Å². The number of hydrogen-bond donors (Lipinski definition) is 2. The highest BCUT2D eigenvalue weighted by Gasteiger charge is 2.32. The summed E-state index contributed by atoms with van der Waals surface area (Å²) < 4.78 is 6.55. The van der Waals surface area contributed by atoms with E-state index in [9.17, 15) is 0 Å². The van der Waals surface area contributed by atoms with Crippen LogP contribution in [0.1, 0.15) is 47.1 Å².